The summed E-state index contributed by atoms with van der Waals surface area (Å²) in [5.74, 6) is -0.689. The van der Waals surface area contributed by atoms with Gasteiger partial charge < -0.3 is 14.8 Å². The molecule has 0 aliphatic carbocycles. The monoisotopic (exact) mass is 241 g/mol. The highest BCUT2D eigenvalue weighted by Gasteiger charge is 2.39. The molecule has 1 heterocycles. The van der Waals surface area contributed by atoms with Crippen LogP contribution in [0.1, 0.15) is 27.7 Å². The van der Waals surface area contributed by atoms with Crippen LogP contribution in [0, 0.1) is 5.95 Å². The van der Waals surface area contributed by atoms with Crippen LogP contribution < -0.4 is 5.59 Å². The SMILES string of the molecule is CC(C)(O)C(C)(C)OB(O)c1cccc(F)n1. The van der Waals surface area contributed by atoms with Crippen LogP contribution in [-0.4, -0.2) is 33.4 Å². The molecule has 0 aromatic carbocycles. The van der Waals surface area contributed by atoms with Crippen molar-refractivity contribution in [2.24, 2.45) is 0 Å². The number of aliphatic hydroxyl groups is 1. The summed E-state index contributed by atoms with van der Waals surface area (Å²) in [5.41, 5.74) is -2.08. The minimum absolute atomic E-state index is 0.0716. The maximum absolute atomic E-state index is 12.9. The summed E-state index contributed by atoms with van der Waals surface area (Å²) in [7, 11) is -1.38. The zero-order chi connectivity index (χ0) is 13.3. The van der Waals surface area contributed by atoms with Gasteiger partial charge in [0.1, 0.15) is 0 Å². The van der Waals surface area contributed by atoms with Crippen LogP contribution in [0.15, 0.2) is 18.2 Å². The summed E-state index contributed by atoms with van der Waals surface area (Å²) in [6.07, 6.45) is 0. The van der Waals surface area contributed by atoms with Gasteiger partial charge in [0, 0.05) is 0 Å². The minimum atomic E-state index is -1.38. The summed E-state index contributed by atoms with van der Waals surface area (Å²) in [5, 5.41) is 19.6. The fourth-order valence-electron chi connectivity index (χ4n) is 1.05. The second-order valence-corrected chi connectivity index (χ2v) is 4.92. The van der Waals surface area contributed by atoms with Crippen molar-refractivity contribution >= 4 is 12.7 Å². The molecule has 0 aliphatic heterocycles. The van der Waals surface area contributed by atoms with Crippen molar-refractivity contribution in [2.75, 3.05) is 0 Å². The molecule has 0 saturated heterocycles. The van der Waals surface area contributed by atoms with Crippen molar-refractivity contribution < 1.29 is 19.2 Å². The predicted molar refractivity (Wildman–Crippen MR) is 63.3 cm³/mol. The topological polar surface area (TPSA) is 62.6 Å². The summed E-state index contributed by atoms with van der Waals surface area (Å²) in [6, 6.07) is 4.06. The van der Waals surface area contributed by atoms with E-state index in [9.17, 15) is 14.5 Å². The number of rotatable bonds is 4. The largest absolute Gasteiger partial charge is 0.511 e. The van der Waals surface area contributed by atoms with Gasteiger partial charge in [0.05, 0.1) is 16.8 Å². The van der Waals surface area contributed by atoms with Crippen LogP contribution in [0.5, 0.6) is 0 Å². The third-order valence-corrected chi connectivity index (χ3v) is 2.87. The van der Waals surface area contributed by atoms with E-state index in [-0.39, 0.29) is 5.59 Å². The number of halogens is 1. The third kappa shape index (κ3) is 3.49. The van der Waals surface area contributed by atoms with Gasteiger partial charge in [-0.25, -0.2) is 4.98 Å². The Balaban J connectivity index is 2.83. The van der Waals surface area contributed by atoms with Crippen LogP contribution in [0.3, 0.4) is 0 Å². The minimum Gasteiger partial charge on any atom is -0.422 e. The lowest BCUT2D eigenvalue weighted by Gasteiger charge is -2.38. The van der Waals surface area contributed by atoms with Crippen molar-refractivity contribution in [2.45, 2.75) is 38.9 Å². The summed E-state index contributed by atoms with van der Waals surface area (Å²) < 4.78 is 18.2. The van der Waals surface area contributed by atoms with Gasteiger partial charge in [0.25, 0.3) is 0 Å². The maximum atomic E-state index is 12.9. The molecule has 0 spiro atoms. The van der Waals surface area contributed by atoms with E-state index in [0.29, 0.717) is 0 Å². The molecule has 0 bridgehead atoms. The first-order valence-electron chi connectivity index (χ1n) is 5.34. The van der Waals surface area contributed by atoms with E-state index in [0.717, 1.165) is 0 Å². The van der Waals surface area contributed by atoms with Gasteiger partial charge in [-0.15, -0.1) is 0 Å². The molecule has 0 unspecified atom stereocenters. The highest BCUT2D eigenvalue weighted by Crippen LogP contribution is 2.25. The lowest BCUT2D eigenvalue weighted by Crippen LogP contribution is -2.53. The van der Waals surface area contributed by atoms with E-state index in [2.05, 4.69) is 4.98 Å². The van der Waals surface area contributed by atoms with Crippen molar-refractivity contribution in [1.29, 1.82) is 0 Å². The average molecular weight is 241 g/mol. The lowest BCUT2D eigenvalue weighted by molar-refractivity contribution is -0.0983. The molecular formula is C11H17BFNO3. The molecular weight excluding hydrogens is 224 g/mol. The highest BCUT2D eigenvalue weighted by molar-refractivity contribution is 6.59. The van der Waals surface area contributed by atoms with Gasteiger partial charge in [-0.3, -0.25) is 0 Å². The van der Waals surface area contributed by atoms with E-state index < -0.39 is 24.3 Å². The summed E-state index contributed by atoms with van der Waals surface area (Å²) in [4.78, 5) is 3.52. The van der Waals surface area contributed by atoms with E-state index in [1.165, 1.54) is 18.2 Å². The van der Waals surface area contributed by atoms with E-state index >= 15 is 0 Å². The zero-order valence-corrected chi connectivity index (χ0v) is 10.4. The first kappa shape index (κ1) is 14.1. The Morgan fingerprint density at radius 1 is 1.29 bits per heavy atom. The number of hydrogen-bond donors (Lipinski definition) is 2. The van der Waals surface area contributed by atoms with E-state index in [1.54, 1.807) is 27.7 Å². The molecule has 94 valence electrons. The Kier molecular flexibility index (Phi) is 3.91. The Morgan fingerprint density at radius 3 is 2.35 bits per heavy atom. The molecule has 0 saturated carbocycles. The molecule has 0 radical (unpaired) electrons. The van der Waals surface area contributed by atoms with Gasteiger partial charge in [0.15, 0.2) is 0 Å². The van der Waals surface area contributed by atoms with Gasteiger partial charge in [-0.05, 0) is 39.8 Å². The number of hydrogen-bond acceptors (Lipinski definition) is 4. The van der Waals surface area contributed by atoms with Gasteiger partial charge in [-0.2, -0.15) is 4.39 Å². The normalized spacial score (nSPS) is 12.6. The zero-order valence-electron chi connectivity index (χ0n) is 10.4. The molecule has 0 fully saturated rings. The molecule has 4 nitrogen and oxygen atoms in total. The van der Waals surface area contributed by atoms with Crippen LogP contribution in [-0.2, 0) is 4.65 Å². The van der Waals surface area contributed by atoms with E-state index in [4.69, 9.17) is 4.65 Å². The second kappa shape index (κ2) is 4.72. The van der Waals surface area contributed by atoms with Crippen LogP contribution in [0.25, 0.3) is 0 Å². The van der Waals surface area contributed by atoms with Crippen molar-refractivity contribution in [1.82, 2.24) is 4.98 Å². The highest BCUT2D eigenvalue weighted by atomic mass is 19.1. The molecule has 2 N–H and O–H groups in total. The number of aromatic nitrogens is 1. The fourth-order valence-corrected chi connectivity index (χ4v) is 1.05. The van der Waals surface area contributed by atoms with Gasteiger partial charge in [0.2, 0.25) is 5.95 Å². The number of nitrogens with zero attached hydrogens (tertiary/aromatic N) is 1. The Labute approximate surface area is 101 Å². The first-order chi connectivity index (χ1) is 7.63. The van der Waals surface area contributed by atoms with Gasteiger partial charge >= 0.3 is 7.12 Å². The fraction of sp³-hybridized carbons (Fsp3) is 0.545. The molecule has 1 aromatic rings. The van der Waals surface area contributed by atoms with Gasteiger partial charge in [-0.1, -0.05) is 6.07 Å². The second-order valence-electron chi connectivity index (χ2n) is 4.92. The average Bonchev–Trinajstić information content (AvgIpc) is 2.15. The third-order valence-electron chi connectivity index (χ3n) is 2.87. The standard InChI is InChI=1S/C11H17BFNO3/c1-10(2,15)11(3,4)17-12(16)8-6-5-7-9(13)14-8/h5-7,15-16H,1-4H3. The van der Waals surface area contributed by atoms with Crippen molar-refractivity contribution in [3.8, 4) is 0 Å². The quantitative estimate of drug-likeness (QED) is 0.594. The summed E-state index contributed by atoms with van der Waals surface area (Å²) in [6.45, 7) is 6.41. The maximum Gasteiger partial charge on any atom is 0.511 e. The molecule has 0 amide bonds. The Hall–Kier alpha value is -0.975. The molecule has 1 aromatic heterocycles. The van der Waals surface area contributed by atoms with E-state index in [1.807, 2.05) is 0 Å². The Bertz CT molecular complexity index is 393. The van der Waals surface area contributed by atoms with Crippen molar-refractivity contribution in [3.63, 3.8) is 0 Å². The molecule has 1 rings (SSSR count). The van der Waals surface area contributed by atoms with Crippen LogP contribution in [0.2, 0.25) is 0 Å². The molecule has 0 aliphatic rings. The molecule has 6 heteroatoms. The van der Waals surface area contributed by atoms with Crippen molar-refractivity contribution in [3.05, 3.63) is 24.1 Å². The summed E-state index contributed by atoms with van der Waals surface area (Å²) >= 11 is 0. The molecule has 17 heavy (non-hydrogen) atoms. The number of pyridine rings is 1. The predicted octanol–water partition coefficient (Wildman–Crippen LogP) is 0.474. The smallest absolute Gasteiger partial charge is 0.422 e. The van der Waals surface area contributed by atoms with Crippen LogP contribution in [0.4, 0.5) is 4.39 Å². The molecule has 0 atom stereocenters. The first-order valence-corrected chi connectivity index (χ1v) is 5.34. The Morgan fingerprint density at radius 2 is 1.88 bits per heavy atom. The van der Waals surface area contributed by atoms with Crippen LogP contribution >= 0.6 is 0 Å². The lowest BCUT2D eigenvalue weighted by atomic mass is 9.80.